The Morgan fingerprint density at radius 1 is 0.407 bits per heavy atom. The highest BCUT2D eigenvalue weighted by atomic mass is 16.7. The first-order valence-electron chi connectivity index (χ1n) is 39.4. The minimum Gasteiger partial charge on any atom is -0.466 e. The second-order valence-electron chi connectivity index (χ2n) is 27.4. The summed E-state index contributed by atoms with van der Waals surface area (Å²) in [5.41, 5.74) is 0. The van der Waals surface area contributed by atoms with Gasteiger partial charge in [0.25, 0.3) is 0 Å². The summed E-state index contributed by atoms with van der Waals surface area (Å²) in [5.74, 6) is -0.173. The van der Waals surface area contributed by atoms with E-state index in [0.29, 0.717) is 19.4 Å². The van der Waals surface area contributed by atoms with Gasteiger partial charge in [-0.2, -0.15) is 0 Å². The van der Waals surface area contributed by atoms with Crippen molar-refractivity contribution in [2.75, 3.05) is 19.8 Å². The molecule has 0 bridgehead atoms. The average Bonchev–Trinajstić information content (AvgIpc) is 1.18. The molecule has 0 spiro atoms. The number of ether oxygens (including phenoxy) is 3. The van der Waals surface area contributed by atoms with Crippen LogP contribution in [0, 0.1) is 0 Å². The number of aliphatic hydroxyl groups excluding tert-OH is 5. The van der Waals surface area contributed by atoms with E-state index in [1.165, 1.54) is 295 Å². The normalized spacial score (nSPS) is 17.8. The van der Waals surface area contributed by atoms with Crippen LogP contribution in [0.3, 0.4) is 0 Å². The molecule has 534 valence electrons. The van der Waals surface area contributed by atoms with Gasteiger partial charge in [-0.05, 0) is 89.9 Å². The summed E-state index contributed by atoms with van der Waals surface area (Å²) >= 11 is 0. The molecule has 11 heteroatoms. The van der Waals surface area contributed by atoms with Gasteiger partial charge < -0.3 is 45.1 Å². The van der Waals surface area contributed by atoms with E-state index in [9.17, 15) is 35.1 Å². The molecule has 1 saturated heterocycles. The summed E-state index contributed by atoms with van der Waals surface area (Å²) in [7, 11) is 0. The molecule has 7 atom stereocenters. The predicted molar refractivity (Wildman–Crippen MR) is 384 cm³/mol. The number of hydrogen-bond acceptors (Lipinski definition) is 10. The molecule has 1 aliphatic heterocycles. The van der Waals surface area contributed by atoms with E-state index >= 15 is 0 Å². The Labute approximate surface area is 561 Å². The molecular weight excluding hydrogens is 1130 g/mol. The number of allylic oxidation sites excluding steroid dienone is 7. The van der Waals surface area contributed by atoms with E-state index in [2.05, 4.69) is 55.6 Å². The lowest BCUT2D eigenvalue weighted by Gasteiger charge is -2.40. The lowest BCUT2D eigenvalue weighted by Crippen LogP contribution is -2.60. The fraction of sp³-hybridized carbons (Fsp3) is 0.875. The molecule has 7 unspecified atom stereocenters. The van der Waals surface area contributed by atoms with Crippen molar-refractivity contribution in [3.8, 4) is 0 Å². The molecule has 1 fully saturated rings. The van der Waals surface area contributed by atoms with Crippen molar-refractivity contribution in [3.63, 3.8) is 0 Å². The maximum atomic E-state index is 13.0. The highest BCUT2D eigenvalue weighted by Gasteiger charge is 2.44. The number of rotatable bonds is 70. The van der Waals surface area contributed by atoms with Crippen molar-refractivity contribution >= 4 is 11.9 Å². The van der Waals surface area contributed by atoms with Gasteiger partial charge in [-0.3, -0.25) is 9.59 Å². The summed E-state index contributed by atoms with van der Waals surface area (Å²) in [6.07, 6.45) is 81.5. The van der Waals surface area contributed by atoms with Gasteiger partial charge in [-0.15, -0.1) is 0 Å². The molecule has 1 rings (SSSR count). The first kappa shape index (κ1) is 86.6. The van der Waals surface area contributed by atoms with Crippen LogP contribution in [0.2, 0.25) is 0 Å². The van der Waals surface area contributed by atoms with Crippen LogP contribution in [-0.4, -0.2) is 100 Å². The largest absolute Gasteiger partial charge is 0.466 e. The number of esters is 1. The summed E-state index contributed by atoms with van der Waals surface area (Å²) < 4.78 is 16.7. The van der Waals surface area contributed by atoms with E-state index in [1.807, 2.05) is 6.08 Å². The number of nitrogens with one attached hydrogen (secondary N) is 1. The molecule has 1 heterocycles. The third-order valence-corrected chi connectivity index (χ3v) is 18.7. The number of aliphatic hydroxyl groups is 5. The van der Waals surface area contributed by atoms with Crippen molar-refractivity contribution in [3.05, 3.63) is 48.6 Å². The van der Waals surface area contributed by atoms with Crippen LogP contribution in [0.4, 0.5) is 0 Å². The average molecular weight is 1290 g/mol. The maximum Gasteiger partial charge on any atom is 0.305 e. The highest BCUT2D eigenvalue weighted by Crippen LogP contribution is 2.24. The monoisotopic (exact) mass is 1280 g/mol. The number of amides is 1. The van der Waals surface area contributed by atoms with Crippen molar-refractivity contribution in [1.29, 1.82) is 0 Å². The first-order chi connectivity index (χ1) is 44.7. The lowest BCUT2D eigenvalue weighted by molar-refractivity contribution is -0.302. The second kappa shape index (κ2) is 69.0. The molecule has 11 nitrogen and oxygen atoms in total. The Hall–Kier alpha value is -2.38. The Kier molecular flexibility index (Phi) is 65.7. The summed E-state index contributed by atoms with van der Waals surface area (Å²) in [6, 6.07) is -0.807. The minimum absolute atomic E-state index is 0.00552. The van der Waals surface area contributed by atoms with Crippen molar-refractivity contribution in [1.82, 2.24) is 5.32 Å². The summed E-state index contributed by atoms with van der Waals surface area (Å²) in [5, 5.41) is 54.4. The third kappa shape index (κ3) is 57.6. The molecule has 1 amide bonds. The first-order valence-corrected chi connectivity index (χ1v) is 39.4. The molecule has 91 heavy (non-hydrogen) atoms. The quantitative estimate of drug-likeness (QED) is 0.0195. The Balaban J connectivity index is 1.88. The van der Waals surface area contributed by atoms with Crippen molar-refractivity contribution in [2.24, 2.45) is 0 Å². The van der Waals surface area contributed by atoms with E-state index in [4.69, 9.17) is 14.2 Å². The highest BCUT2D eigenvalue weighted by molar-refractivity contribution is 5.76. The fourth-order valence-corrected chi connectivity index (χ4v) is 12.5. The number of unbranched alkanes of at least 4 members (excludes halogenated alkanes) is 50. The van der Waals surface area contributed by atoms with E-state index in [0.717, 1.165) is 64.2 Å². The molecule has 0 aromatic heterocycles. The minimum atomic E-state index is -1.57. The SMILES string of the molecule is CCCCCCCCC/C=C\CCCCCCCC(=O)OCCCCCCCCCCCCCCC/C=C\C/C=C\CCCCCCCCCCCCCCCCCCCC(=O)NC(COC1OC(CO)C(O)C(O)C1O)C(O)/C=C/CCCCCCCCCC. The molecule has 0 saturated carbocycles. The zero-order valence-electron chi connectivity index (χ0n) is 59.6. The van der Waals surface area contributed by atoms with Gasteiger partial charge >= 0.3 is 5.97 Å². The van der Waals surface area contributed by atoms with Gasteiger partial charge in [0, 0.05) is 12.8 Å². The van der Waals surface area contributed by atoms with Gasteiger partial charge in [-0.1, -0.05) is 332 Å². The Morgan fingerprint density at radius 2 is 0.736 bits per heavy atom. The van der Waals surface area contributed by atoms with Crippen LogP contribution in [0.1, 0.15) is 386 Å². The third-order valence-electron chi connectivity index (χ3n) is 18.7. The van der Waals surface area contributed by atoms with Crippen LogP contribution in [-0.2, 0) is 23.8 Å². The smallest absolute Gasteiger partial charge is 0.305 e. The van der Waals surface area contributed by atoms with Gasteiger partial charge in [0.2, 0.25) is 5.91 Å². The van der Waals surface area contributed by atoms with Crippen molar-refractivity contribution in [2.45, 2.75) is 429 Å². The second-order valence-corrected chi connectivity index (χ2v) is 27.4. The molecule has 1 aliphatic rings. The van der Waals surface area contributed by atoms with Gasteiger partial charge in [0.15, 0.2) is 6.29 Å². The molecule has 0 aromatic rings. The molecule has 0 aliphatic carbocycles. The zero-order valence-corrected chi connectivity index (χ0v) is 59.6. The summed E-state index contributed by atoms with van der Waals surface area (Å²) in [4.78, 5) is 25.1. The van der Waals surface area contributed by atoms with Crippen LogP contribution < -0.4 is 5.32 Å². The number of carbonyl (C=O) groups is 2. The van der Waals surface area contributed by atoms with E-state index < -0.39 is 49.5 Å². The lowest BCUT2D eigenvalue weighted by atomic mass is 9.99. The van der Waals surface area contributed by atoms with E-state index in [1.54, 1.807) is 6.08 Å². The van der Waals surface area contributed by atoms with Crippen LogP contribution in [0.5, 0.6) is 0 Å². The van der Waals surface area contributed by atoms with Crippen molar-refractivity contribution < 1.29 is 49.3 Å². The Morgan fingerprint density at radius 3 is 1.12 bits per heavy atom. The van der Waals surface area contributed by atoms with Crippen LogP contribution in [0.15, 0.2) is 48.6 Å². The standard InChI is InChI=1S/C80H149NO10/c1-3-5-7-9-11-13-15-16-17-42-45-48-52-56-60-64-68-76(85)89-69-65-61-57-53-49-46-43-40-38-36-34-32-30-28-26-24-22-20-18-19-21-23-25-27-29-31-33-35-37-39-41-44-47-51-55-59-63-67-75(84)81-72(71-90-80-79(88)78(87)77(86)74(70-82)91-80)73(83)66-62-58-54-50-14-12-10-8-6-4-2/h17-18,20,24,26,42,62,66,72-74,77-80,82-83,86-88H,3-16,19,21-23,25,27-41,43-61,63-65,67-71H2,1-2H3,(H,81,84)/b20-18-,26-24-,42-17-,66-62+. The molecule has 0 aromatic carbocycles. The Bertz CT molecular complexity index is 1650. The molecule has 6 N–H and O–H groups in total. The fourth-order valence-electron chi connectivity index (χ4n) is 12.5. The molecule has 0 radical (unpaired) electrons. The topological polar surface area (TPSA) is 175 Å². The van der Waals surface area contributed by atoms with Gasteiger partial charge in [-0.25, -0.2) is 0 Å². The summed E-state index contributed by atoms with van der Waals surface area (Å²) in [6.45, 7) is 4.36. The number of carbonyl (C=O) groups excluding carboxylic acids is 2. The van der Waals surface area contributed by atoms with E-state index in [-0.39, 0.29) is 18.5 Å². The van der Waals surface area contributed by atoms with Gasteiger partial charge in [0.05, 0.1) is 32.0 Å². The zero-order chi connectivity index (χ0) is 65.8. The predicted octanol–water partition coefficient (Wildman–Crippen LogP) is 21.1. The van der Waals surface area contributed by atoms with Gasteiger partial charge in [0.1, 0.15) is 24.4 Å². The molecular formula is C80H149NO10. The van der Waals surface area contributed by atoms with Crippen LogP contribution in [0.25, 0.3) is 0 Å². The van der Waals surface area contributed by atoms with Crippen LogP contribution >= 0.6 is 0 Å². The number of hydrogen-bond donors (Lipinski definition) is 6. The maximum absolute atomic E-state index is 13.0.